The predicted molar refractivity (Wildman–Crippen MR) is 88.2 cm³/mol. The van der Waals surface area contributed by atoms with Gasteiger partial charge in [0.15, 0.2) is 0 Å². The van der Waals surface area contributed by atoms with Crippen LogP contribution in [0.4, 0.5) is 0 Å². The van der Waals surface area contributed by atoms with Crippen LogP contribution >= 0.6 is 23.5 Å². The summed E-state index contributed by atoms with van der Waals surface area (Å²) in [5, 5.41) is 4.66. The van der Waals surface area contributed by atoms with Crippen LogP contribution in [0.1, 0.15) is 31.0 Å². The van der Waals surface area contributed by atoms with Crippen molar-refractivity contribution in [3.05, 3.63) is 35.4 Å². The first-order valence-corrected chi connectivity index (χ1v) is 9.38. The fraction of sp³-hybridized carbons (Fsp3) is 0.625. The molecule has 1 aromatic rings. The Morgan fingerprint density at radius 1 is 1.26 bits per heavy atom. The molecule has 0 bridgehead atoms. The highest BCUT2D eigenvalue weighted by Crippen LogP contribution is 2.45. The topological polar surface area (TPSA) is 12.0 Å². The van der Waals surface area contributed by atoms with Crippen LogP contribution in [0.5, 0.6) is 0 Å². The molecule has 1 nitrogen and oxygen atoms in total. The van der Waals surface area contributed by atoms with E-state index in [2.05, 4.69) is 67.0 Å². The zero-order valence-electron chi connectivity index (χ0n) is 11.8. The van der Waals surface area contributed by atoms with Gasteiger partial charge in [0.1, 0.15) is 0 Å². The Morgan fingerprint density at radius 3 is 2.89 bits per heavy atom. The number of thioether (sulfide) groups is 2. The Labute approximate surface area is 125 Å². The lowest BCUT2D eigenvalue weighted by Gasteiger charge is -2.31. The lowest BCUT2D eigenvalue weighted by molar-refractivity contribution is 0.271. The average molecular weight is 294 g/mol. The van der Waals surface area contributed by atoms with Crippen LogP contribution in [0.15, 0.2) is 24.3 Å². The summed E-state index contributed by atoms with van der Waals surface area (Å²) in [6.45, 7) is 5.95. The molecule has 1 aromatic carbocycles. The van der Waals surface area contributed by atoms with E-state index in [1.54, 1.807) is 0 Å². The summed E-state index contributed by atoms with van der Waals surface area (Å²) in [5.41, 5.74) is 3.41. The van der Waals surface area contributed by atoms with Gasteiger partial charge in [-0.05, 0) is 23.0 Å². The van der Waals surface area contributed by atoms with Gasteiger partial charge in [0.2, 0.25) is 0 Å². The molecule has 1 fully saturated rings. The van der Waals surface area contributed by atoms with Crippen molar-refractivity contribution in [2.45, 2.75) is 31.6 Å². The first-order chi connectivity index (χ1) is 9.17. The lowest BCUT2D eigenvalue weighted by Crippen LogP contribution is -2.37. The van der Waals surface area contributed by atoms with Crippen molar-refractivity contribution in [3.8, 4) is 0 Å². The Hall–Kier alpha value is -0.120. The van der Waals surface area contributed by atoms with E-state index in [0.717, 1.165) is 11.8 Å². The number of hydrogen-bond acceptors (Lipinski definition) is 3. The second-order valence-electron chi connectivity index (χ2n) is 6.27. The Balaban J connectivity index is 1.68. The highest BCUT2D eigenvalue weighted by Gasteiger charge is 2.38. The highest BCUT2D eigenvalue weighted by molar-refractivity contribution is 8.06. The maximum absolute atomic E-state index is 3.86. The zero-order valence-corrected chi connectivity index (χ0v) is 13.4. The van der Waals surface area contributed by atoms with Gasteiger partial charge in [-0.15, -0.1) is 0 Å². The van der Waals surface area contributed by atoms with Crippen molar-refractivity contribution < 1.29 is 0 Å². The molecule has 0 aromatic heterocycles. The predicted octanol–water partition coefficient (Wildman–Crippen LogP) is 3.75. The molecule has 1 N–H and O–H groups in total. The number of benzene rings is 1. The van der Waals surface area contributed by atoms with Gasteiger partial charge in [0.25, 0.3) is 0 Å². The number of fused-ring (bicyclic) bond motifs is 1. The molecule has 1 aliphatic heterocycles. The number of nitrogens with one attached hydrogen (secondary N) is 1. The molecule has 2 aliphatic rings. The van der Waals surface area contributed by atoms with Crippen LogP contribution in [0.2, 0.25) is 0 Å². The van der Waals surface area contributed by atoms with E-state index < -0.39 is 0 Å². The van der Waals surface area contributed by atoms with Crippen LogP contribution in [0.25, 0.3) is 0 Å². The van der Waals surface area contributed by atoms with Crippen molar-refractivity contribution in [1.82, 2.24) is 5.32 Å². The van der Waals surface area contributed by atoms with E-state index >= 15 is 0 Å². The molecule has 104 valence electrons. The van der Waals surface area contributed by atoms with Crippen molar-refractivity contribution in [2.24, 2.45) is 5.41 Å². The molecular formula is C16H23NS2. The van der Waals surface area contributed by atoms with Crippen LogP contribution < -0.4 is 5.32 Å². The van der Waals surface area contributed by atoms with Gasteiger partial charge in [-0.3, -0.25) is 0 Å². The minimum atomic E-state index is 0.343. The molecule has 1 heterocycles. The molecule has 19 heavy (non-hydrogen) atoms. The summed E-state index contributed by atoms with van der Waals surface area (Å²) in [6.07, 6.45) is 1.20. The van der Waals surface area contributed by atoms with Crippen molar-refractivity contribution in [2.75, 3.05) is 23.8 Å². The minimum absolute atomic E-state index is 0.343. The van der Waals surface area contributed by atoms with Gasteiger partial charge in [0, 0.05) is 35.1 Å². The average Bonchev–Trinajstić information content (AvgIpc) is 2.67. The van der Waals surface area contributed by atoms with E-state index in [0.29, 0.717) is 11.5 Å². The summed E-state index contributed by atoms with van der Waals surface area (Å²) in [6, 6.07) is 9.48. The first kappa shape index (κ1) is 13.8. The smallest absolute Gasteiger partial charge is 0.0378 e. The normalized spacial score (nSPS) is 29.2. The quantitative estimate of drug-likeness (QED) is 0.911. The van der Waals surface area contributed by atoms with Crippen molar-refractivity contribution >= 4 is 23.5 Å². The van der Waals surface area contributed by atoms with E-state index in [9.17, 15) is 0 Å². The largest absolute Gasteiger partial charge is 0.308 e. The fourth-order valence-corrected chi connectivity index (χ4v) is 5.91. The maximum Gasteiger partial charge on any atom is 0.0378 e. The molecule has 0 amide bonds. The fourth-order valence-electron chi connectivity index (χ4n) is 3.28. The molecule has 0 spiro atoms. The summed E-state index contributed by atoms with van der Waals surface area (Å²) in [4.78, 5) is 0. The van der Waals surface area contributed by atoms with E-state index in [-0.39, 0.29) is 0 Å². The zero-order chi connectivity index (χ0) is 13.3. The van der Waals surface area contributed by atoms with Gasteiger partial charge in [-0.2, -0.15) is 23.5 Å². The van der Waals surface area contributed by atoms with Gasteiger partial charge in [-0.25, -0.2) is 0 Å². The van der Waals surface area contributed by atoms with Crippen LogP contribution in [0, 0.1) is 5.41 Å². The second-order valence-corrected chi connectivity index (χ2v) is 8.83. The maximum atomic E-state index is 3.86. The minimum Gasteiger partial charge on any atom is -0.308 e. The Morgan fingerprint density at radius 2 is 2.11 bits per heavy atom. The Bertz CT molecular complexity index is 438. The molecule has 3 rings (SSSR count). The Kier molecular flexibility index (Phi) is 4.16. The third kappa shape index (κ3) is 2.98. The molecule has 0 saturated carbocycles. The number of rotatable bonds is 3. The third-order valence-electron chi connectivity index (χ3n) is 4.23. The molecule has 0 radical (unpaired) electrons. The first-order valence-electron chi connectivity index (χ1n) is 7.17. The van der Waals surface area contributed by atoms with E-state index in [1.807, 2.05) is 0 Å². The lowest BCUT2D eigenvalue weighted by atomic mass is 9.85. The van der Waals surface area contributed by atoms with E-state index in [1.165, 1.54) is 34.8 Å². The van der Waals surface area contributed by atoms with Crippen LogP contribution in [0.3, 0.4) is 0 Å². The highest BCUT2D eigenvalue weighted by atomic mass is 32.2. The monoisotopic (exact) mass is 293 g/mol. The van der Waals surface area contributed by atoms with Crippen LogP contribution in [-0.4, -0.2) is 29.1 Å². The molecular weight excluding hydrogens is 270 g/mol. The van der Waals surface area contributed by atoms with Gasteiger partial charge >= 0.3 is 0 Å². The second kappa shape index (κ2) is 5.71. The van der Waals surface area contributed by atoms with Gasteiger partial charge < -0.3 is 5.32 Å². The summed E-state index contributed by atoms with van der Waals surface area (Å²) in [7, 11) is 0. The van der Waals surface area contributed by atoms with Gasteiger partial charge in [-0.1, -0.05) is 38.1 Å². The molecule has 2 unspecified atom stereocenters. The van der Waals surface area contributed by atoms with E-state index in [4.69, 9.17) is 0 Å². The summed E-state index contributed by atoms with van der Waals surface area (Å²) >= 11 is 4.25. The summed E-state index contributed by atoms with van der Waals surface area (Å²) < 4.78 is 0. The summed E-state index contributed by atoms with van der Waals surface area (Å²) in [5.74, 6) is 3.97. The molecule has 1 saturated heterocycles. The van der Waals surface area contributed by atoms with Crippen molar-refractivity contribution in [1.29, 1.82) is 0 Å². The number of hydrogen-bond donors (Lipinski definition) is 1. The van der Waals surface area contributed by atoms with Crippen molar-refractivity contribution in [3.63, 3.8) is 0 Å². The third-order valence-corrected chi connectivity index (χ3v) is 7.07. The van der Waals surface area contributed by atoms with Gasteiger partial charge in [0.05, 0.1) is 0 Å². The molecule has 2 atom stereocenters. The van der Waals surface area contributed by atoms with Crippen LogP contribution in [-0.2, 0) is 6.42 Å². The SMILES string of the molecule is CC1(C)Cc2ccccc2C1NCC1CSCCS1. The standard InChI is InChI=1S/C16H23NS2/c1-16(2)9-12-5-3-4-6-14(12)15(16)17-10-13-11-18-7-8-19-13/h3-6,13,15,17H,7-11H2,1-2H3. The molecule has 3 heteroatoms. The molecule has 1 aliphatic carbocycles.